The van der Waals surface area contributed by atoms with Gasteiger partial charge in [-0.05, 0) is 26.4 Å². The van der Waals surface area contributed by atoms with Gasteiger partial charge in [0.05, 0.1) is 18.1 Å². The predicted molar refractivity (Wildman–Crippen MR) is 78.4 cm³/mol. The van der Waals surface area contributed by atoms with Crippen LogP contribution in [0.15, 0.2) is 18.2 Å². The second-order valence-electron chi connectivity index (χ2n) is 5.19. The number of non-ortho nitro benzene ring substituents is 1. The van der Waals surface area contributed by atoms with Crippen LogP contribution >= 0.6 is 0 Å². The van der Waals surface area contributed by atoms with Gasteiger partial charge in [-0.2, -0.15) is 0 Å². The normalized spacial score (nSPS) is 19.6. The van der Waals surface area contributed by atoms with Crippen LogP contribution in [-0.2, 0) is 0 Å². The lowest BCUT2D eigenvalue weighted by molar-refractivity contribution is -0.384. The number of hydrogen-bond acceptors (Lipinski definition) is 5. The Morgan fingerprint density at radius 2 is 2.25 bits per heavy atom. The van der Waals surface area contributed by atoms with E-state index in [-0.39, 0.29) is 5.69 Å². The quantitative estimate of drug-likeness (QED) is 0.662. The van der Waals surface area contributed by atoms with E-state index in [2.05, 4.69) is 17.3 Å². The summed E-state index contributed by atoms with van der Waals surface area (Å²) in [6.45, 7) is 1.91. The molecular weight excluding hydrogens is 258 g/mol. The summed E-state index contributed by atoms with van der Waals surface area (Å²) in [6.07, 6.45) is 3.65. The minimum absolute atomic E-state index is 0.0452. The summed E-state index contributed by atoms with van der Waals surface area (Å²) >= 11 is 0. The van der Waals surface area contributed by atoms with Crippen molar-refractivity contribution in [3.8, 4) is 5.75 Å². The molecular formula is C14H21N3O3. The minimum atomic E-state index is -0.402. The number of benzene rings is 1. The number of nitro groups is 1. The average molecular weight is 279 g/mol. The second-order valence-corrected chi connectivity index (χ2v) is 5.19. The largest absolute Gasteiger partial charge is 0.496 e. The first-order valence-electron chi connectivity index (χ1n) is 6.87. The molecule has 0 amide bonds. The molecule has 1 aromatic rings. The molecule has 0 spiro atoms. The van der Waals surface area contributed by atoms with Crippen molar-refractivity contribution in [1.29, 1.82) is 0 Å². The molecule has 1 fully saturated rings. The Bertz CT molecular complexity index is 479. The third-order valence-corrected chi connectivity index (χ3v) is 3.80. The average Bonchev–Trinajstić information content (AvgIpc) is 2.46. The maximum absolute atomic E-state index is 10.9. The molecule has 0 bridgehead atoms. The van der Waals surface area contributed by atoms with Gasteiger partial charge < -0.3 is 15.0 Å². The number of methoxy groups -OCH3 is 1. The molecule has 2 rings (SSSR count). The van der Waals surface area contributed by atoms with E-state index in [0.29, 0.717) is 11.8 Å². The topological polar surface area (TPSA) is 67.6 Å². The summed E-state index contributed by atoms with van der Waals surface area (Å²) in [4.78, 5) is 12.8. The first kappa shape index (κ1) is 14.6. The number of likely N-dealkylation sites (tertiary alicyclic amines) is 1. The number of rotatable bonds is 5. The van der Waals surface area contributed by atoms with Crippen LogP contribution in [0.3, 0.4) is 0 Å². The Kier molecular flexibility index (Phi) is 4.79. The fourth-order valence-corrected chi connectivity index (χ4v) is 2.55. The zero-order chi connectivity index (χ0) is 14.5. The molecule has 1 atom stereocenters. The molecule has 1 aliphatic heterocycles. The third kappa shape index (κ3) is 3.60. The van der Waals surface area contributed by atoms with Gasteiger partial charge in [-0.3, -0.25) is 10.1 Å². The summed E-state index contributed by atoms with van der Waals surface area (Å²) in [5.41, 5.74) is 0.777. The zero-order valence-corrected chi connectivity index (χ0v) is 12.0. The zero-order valence-electron chi connectivity index (χ0n) is 12.0. The van der Waals surface area contributed by atoms with E-state index in [0.717, 1.165) is 25.2 Å². The van der Waals surface area contributed by atoms with Gasteiger partial charge in [0.2, 0.25) is 0 Å². The van der Waals surface area contributed by atoms with Gasteiger partial charge >= 0.3 is 0 Å². The molecule has 0 radical (unpaired) electrons. The lowest BCUT2D eigenvalue weighted by Gasteiger charge is -2.32. The number of hydrogen-bond donors (Lipinski definition) is 1. The number of anilines is 1. The van der Waals surface area contributed by atoms with Crippen LogP contribution in [0.2, 0.25) is 0 Å². The number of nitrogens with one attached hydrogen (secondary N) is 1. The highest BCUT2D eigenvalue weighted by Gasteiger charge is 2.19. The van der Waals surface area contributed by atoms with Crippen LogP contribution < -0.4 is 10.1 Å². The van der Waals surface area contributed by atoms with Crippen molar-refractivity contribution < 1.29 is 9.66 Å². The van der Waals surface area contributed by atoms with E-state index >= 15 is 0 Å². The molecule has 1 unspecified atom stereocenters. The lowest BCUT2D eigenvalue weighted by atomic mass is 10.0. The second kappa shape index (κ2) is 6.56. The van der Waals surface area contributed by atoms with E-state index in [4.69, 9.17) is 4.74 Å². The summed E-state index contributed by atoms with van der Waals surface area (Å²) in [5.74, 6) is 0.499. The van der Waals surface area contributed by atoms with Gasteiger partial charge in [-0.25, -0.2) is 0 Å². The van der Waals surface area contributed by atoms with Crippen LogP contribution in [-0.4, -0.2) is 43.1 Å². The van der Waals surface area contributed by atoms with E-state index < -0.39 is 4.92 Å². The number of nitro benzene ring substituents is 1. The van der Waals surface area contributed by atoms with Gasteiger partial charge in [0.15, 0.2) is 0 Å². The van der Waals surface area contributed by atoms with E-state index in [1.54, 1.807) is 12.1 Å². The van der Waals surface area contributed by atoms with Gasteiger partial charge in [0.1, 0.15) is 5.75 Å². The van der Waals surface area contributed by atoms with Crippen molar-refractivity contribution >= 4 is 11.4 Å². The van der Waals surface area contributed by atoms with Crippen LogP contribution in [0.4, 0.5) is 11.4 Å². The van der Waals surface area contributed by atoms with Crippen molar-refractivity contribution in [1.82, 2.24) is 4.90 Å². The van der Waals surface area contributed by atoms with Gasteiger partial charge in [0.25, 0.3) is 5.69 Å². The molecule has 1 saturated heterocycles. The van der Waals surface area contributed by atoms with Gasteiger partial charge in [-0.1, -0.05) is 6.42 Å². The maximum atomic E-state index is 10.9. The number of nitrogens with zero attached hydrogens (tertiary/aromatic N) is 2. The molecule has 1 aromatic carbocycles. The fourth-order valence-electron chi connectivity index (χ4n) is 2.55. The van der Waals surface area contributed by atoms with Gasteiger partial charge in [0, 0.05) is 30.4 Å². The Hall–Kier alpha value is -1.82. The van der Waals surface area contributed by atoms with Crippen molar-refractivity contribution in [3.05, 3.63) is 28.3 Å². The molecule has 1 heterocycles. The molecule has 110 valence electrons. The molecule has 6 heteroatoms. The molecule has 0 aromatic heterocycles. The molecule has 6 nitrogen and oxygen atoms in total. The highest BCUT2D eigenvalue weighted by Crippen LogP contribution is 2.26. The SMILES string of the molecule is COc1cc(NCC2CCCCN2C)cc([N+](=O)[O-])c1. The summed E-state index contributed by atoms with van der Waals surface area (Å²) in [5, 5.41) is 14.2. The first-order chi connectivity index (χ1) is 9.60. The van der Waals surface area contributed by atoms with Crippen molar-refractivity contribution in [2.24, 2.45) is 0 Å². The fraction of sp³-hybridized carbons (Fsp3) is 0.571. The lowest BCUT2D eigenvalue weighted by Crippen LogP contribution is -2.40. The van der Waals surface area contributed by atoms with E-state index in [9.17, 15) is 10.1 Å². The molecule has 1 N–H and O–H groups in total. The van der Waals surface area contributed by atoms with Gasteiger partial charge in [-0.15, -0.1) is 0 Å². The van der Waals surface area contributed by atoms with Crippen LogP contribution in [0.5, 0.6) is 5.75 Å². The third-order valence-electron chi connectivity index (χ3n) is 3.80. The predicted octanol–water partition coefficient (Wildman–Crippen LogP) is 2.50. The molecule has 20 heavy (non-hydrogen) atoms. The number of likely N-dealkylation sites (N-methyl/N-ethyl adjacent to an activating group) is 1. The van der Waals surface area contributed by atoms with E-state index in [1.807, 2.05) is 0 Å². The summed E-state index contributed by atoms with van der Waals surface area (Å²) in [7, 11) is 3.64. The smallest absolute Gasteiger partial charge is 0.275 e. The van der Waals surface area contributed by atoms with Crippen molar-refractivity contribution in [3.63, 3.8) is 0 Å². The minimum Gasteiger partial charge on any atom is -0.496 e. The van der Waals surface area contributed by atoms with Crippen LogP contribution in [0, 0.1) is 10.1 Å². The van der Waals surface area contributed by atoms with Crippen molar-refractivity contribution in [2.45, 2.75) is 25.3 Å². The number of piperidine rings is 1. The highest BCUT2D eigenvalue weighted by molar-refractivity contribution is 5.56. The monoisotopic (exact) mass is 279 g/mol. The Labute approximate surface area is 118 Å². The highest BCUT2D eigenvalue weighted by atomic mass is 16.6. The maximum Gasteiger partial charge on any atom is 0.275 e. The van der Waals surface area contributed by atoms with Crippen molar-refractivity contribution in [2.75, 3.05) is 32.6 Å². The van der Waals surface area contributed by atoms with Crippen LogP contribution in [0.1, 0.15) is 19.3 Å². The van der Waals surface area contributed by atoms with Crippen LogP contribution in [0.25, 0.3) is 0 Å². The Balaban J connectivity index is 2.04. The molecule has 0 aliphatic carbocycles. The molecule has 0 saturated carbocycles. The van der Waals surface area contributed by atoms with E-state index in [1.165, 1.54) is 26.0 Å². The standard InChI is InChI=1S/C14H21N3O3/c1-16-6-4-3-5-12(16)10-15-11-7-13(17(18)19)9-14(8-11)20-2/h7-9,12,15H,3-6,10H2,1-2H3. The number of ether oxygens (including phenoxy) is 1. The first-order valence-corrected chi connectivity index (χ1v) is 6.87. The summed E-state index contributed by atoms with van der Waals surface area (Å²) in [6, 6.07) is 5.24. The Morgan fingerprint density at radius 1 is 1.45 bits per heavy atom. The molecule has 1 aliphatic rings. The summed E-state index contributed by atoms with van der Waals surface area (Å²) < 4.78 is 5.10. The Morgan fingerprint density at radius 3 is 2.90 bits per heavy atom.